The van der Waals surface area contributed by atoms with Gasteiger partial charge in [0, 0.05) is 0 Å². The summed E-state index contributed by atoms with van der Waals surface area (Å²) >= 11 is 0. The van der Waals surface area contributed by atoms with Gasteiger partial charge in [0.2, 0.25) is 0 Å². The molecule has 0 radical (unpaired) electrons. The van der Waals surface area contributed by atoms with E-state index in [1.165, 1.54) is 12.1 Å². The molecule has 1 aliphatic carbocycles. The van der Waals surface area contributed by atoms with Crippen molar-refractivity contribution in [1.82, 2.24) is 10.6 Å². The lowest BCUT2D eigenvalue weighted by molar-refractivity contribution is 0.175. The van der Waals surface area contributed by atoms with Crippen molar-refractivity contribution in [3.63, 3.8) is 0 Å². The SMILES string of the molecule is CC(NC(=O)NC1(c2ccccc2)CCC1)c1ccc(F)cc1. The van der Waals surface area contributed by atoms with Crippen molar-refractivity contribution in [3.05, 3.63) is 71.5 Å². The van der Waals surface area contributed by atoms with Crippen molar-refractivity contribution in [1.29, 1.82) is 0 Å². The molecule has 2 aromatic rings. The average Bonchev–Trinajstić information content (AvgIpc) is 2.52. The van der Waals surface area contributed by atoms with E-state index in [-0.39, 0.29) is 23.4 Å². The Kier molecular flexibility index (Phi) is 4.33. The summed E-state index contributed by atoms with van der Waals surface area (Å²) < 4.78 is 13.0. The molecule has 2 aromatic carbocycles. The van der Waals surface area contributed by atoms with Gasteiger partial charge >= 0.3 is 6.03 Å². The molecular weight excluding hydrogens is 291 g/mol. The lowest BCUT2D eigenvalue weighted by Gasteiger charge is -2.43. The number of urea groups is 1. The van der Waals surface area contributed by atoms with Crippen LogP contribution in [0.2, 0.25) is 0 Å². The van der Waals surface area contributed by atoms with Crippen LogP contribution in [0.5, 0.6) is 0 Å². The zero-order valence-electron chi connectivity index (χ0n) is 13.2. The predicted molar refractivity (Wildman–Crippen MR) is 88.5 cm³/mol. The van der Waals surface area contributed by atoms with Crippen molar-refractivity contribution < 1.29 is 9.18 Å². The Bertz CT molecular complexity index is 666. The molecule has 1 atom stereocenters. The van der Waals surface area contributed by atoms with E-state index in [1.54, 1.807) is 12.1 Å². The molecule has 1 saturated carbocycles. The number of hydrogen-bond acceptors (Lipinski definition) is 1. The molecule has 4 heteroatoms. The highest BCUT2D eigenvalue weighted by atomic mass is 19.1. The molecule has 0 bridgehead atoms. The van der Waals surface area contributed by atoms with Gasteiger partial charge in [-0.15, -0.1) is 0 Å². The minimum absolute atomic E-state index is 0.177. The highest BCUT2D eigenvalue weighted by Crippen LogP contribution is 2.41. The number of benzene rings is 2. The van der Waals surface area contributed by atoms with Gasteiger partial charge in [-0.3, -0.25) is 0 Å². The van der Waals surface area contributed by atoms with Crippen LogP contribution in [0.4, 0.5) is 9.18 Å². The van der Waals surface area contributed by atoms with Gasteiger partial charge in [-0.2, -0.15) is 0 Å². The van der Waals surface area contributed by atoms with Gasteiger partial charge in [0.25, 0.3) is 0 Å². The zero-order chi connectivity index (χ0) is 16.3. The van der Waals surface area contributed by atoms with Crippen LogP contribution in [0.3, 0.4) is 0 Å². The molecule has 1 fully saturated rings. The van der Waals surface area contributed by atoms with Crippen LogP contribution in [-0.2, 0) is 5.54 Å². The largest absolute Gasteiger partial charge is 0.332 e. The van der Waals surface area contributed by atoms with Gasteiger partial charge in [-0.05, 0) is 49.4 Å². The van der Waals surface area contributed by atoms with E-state index < -0.39 is 0 Å². The second-order valence-electron chi connectivity index (χ2n) is 6.17. The van der Waals surface area contributed by atoms with Crippen LogP contribution in [0, 0.1) is 5.82 Å². The Labute approximate surface area is 135 Å². The molecule has 0 aliphatic heterocycles. The summed E-state index contributed by atoms with van der Waals surface area (Å²) in [5.74, 6) is -0.275. The highest BCUT2D eigenvalue weighted by Gasteiger charge is 2.40. The van der Waals surface area contributed by atoms with E-state index in [0.717, 1.165) is 30.4 Å². The minimum atomic E-state index is -0.275. The maximum absolute atomic E-state index is 13.0. The molecule has 0 heterocycles. The molecule has 2 N–H and O–H groups in total. The van der Waals surface area contributed by atoms with Crippen molar-refractivity contribution in [2.24, 2.45) is 0 Å². The first-order valence-corrected chi connectivity index (χ1v) is 7.99. The molecule has 0 saturated heterocycles. The summed E-state index contributed by atoms with van der Waals surface area (Å²) in [6.07, 6.45) is 3.02. The van der Waals surface area contributed by atoms with Crippen LogP contribution in [0.1, 0.15) is 43.4 Å². The summed E-state index contributed by atoms with van der Waals surface area (Å²) in [6.45, 7) is 1.89. The molecule has 2 amide bonds. The first kappa shape index (κ1) is 15.5. The highest BCUT2D eigenvalue weighted by molar-refractivity contribution is 5.75. The normalized spacial score (nSPS) is 17.0. The van der Waals surface area contributed by atoms with E-state index in [2.05, 4.69) is 22.8 Å². The maximum atomic E-state index is 13.0. The van der Waals surface area contributed by atoms with Gasteiger partial charge in [-0.25, -0.2) is 9.18 Å². The molecule has 23 heavy (non-hydrogen) atoms. The lowest BCUT2D eigenvalue weighted by atomic mass is 9.72. The van der Waals surface area contributed by atoms with Crippen molar-refractivity contribution in [2.45, 2.75) is 37.8 Å². The molecule has 3 nitrogen and oxygen atoms in total. The van der Waals surface area contributed by atoms with Crippen LogP contribution >= 0.6 is 0 Å². The Morgan fingerprint density at radius 2 is 1.74 bits per heavy atom. The fraction of sp³-hybridized carbons (Fsp3) is 0.316. The second kappa shape index (κ2) is 6.41. The van der Waals surface area contributed by atoms with Gasteiger partial charge < -0.3 is 10.6 Å². The molecule has 0 aromatic heterocycles. The van der Waals surface area contributed by atoms with Crippen LogP contribution in [-0.4, -0.2) is 6.03 Å². The van der Waals surface area contributed by atoms with Gasteiger partial charge in [0.15, 0.2) is 0 Å². The number of carbonyl (C=O) groups excluding carboxylic acids is 1. The Balaban J connectivity index is 1.65. The van der Waals surface area contributed by atoms with Gasteiger partial charge in [-0.1, -0.05) is 42.5 Å². The Hall–Kier alpha value is -2.36. The second-order valence-corrected chi connectivity index (χ2v) is 6.17. The Morgan fingerprint density at radius 1 is 1.09 bits per heavy atom. The fourth-order valence-electron chi connectivity index (χ4n) is 3.06. The topological polar surface area (TPSA) is 41.1 Å². The molecule has 0 spiro atoms. The van der Waals surface area contributed by atoms with E-state index >= 15 is 0 Å². The number of carbonyl (C=O) groups is 1. The standard InChI is InChI=1S/C19H21FN2O/c1-14(15-8-10-17(20)11-9-15)21-18(23)22-19(12-5-13-19)16-6-3-2-4-7-16/h2-4,6-11,14H,5,12-13H2,1H3,(H2,21,22,23). The van der Waals surface area contributed by atoms with Crippen LogP contribution in [0.15, 0.2) is 54.6 Å². The number of nitrogens with one attached hydrogen (secondary N) is 2. The van der Waals surface area contributed by atoms with E-state index in [9.17, 15) is 9.18 Å². The maximum Gasteiger partial charge on any atom is 0.315 e. The third-order valence-corrected chi connectivity index (χ3v) is 4.60. The smallest absolute Gasteiger partial charge is 0.315 e. The number of amides is 2. The van der Waals surface area contributed by atoms with E-state index in [4.69, 9.17) is 0 Å². The number of rotatable bonds is 4. The van der Waals surface area contributed by atoms with Gasteiger partial charge in [0.05, 0.1) is 11.6 Å². The summed E-state index contributed by atoms with van der Waals surface area (Å²) in [7, 11) is 0. The quantitative estimate of drug-likeness (QED) is 0.870. The zero-order valence-corrected chi connectivity index (χ0v) is 13.2. The molecule has 1 aliphatic rings. The summed E-state index contributed by atoms with van der Waals surface area (Å²) in [5, 5.41) is 6.07. The monoisotopic (exact) mass is 312 g/mol. The third-order valence-electron chi connectivity index (χ3n) is 4.60. The fourth-order valence-corrected chi connectivity index (χ4v) is 3.06. The van der Waals surface area contributed by atoms with Crippen molar-refractivity contribution >= 4 is 6.03 Å². The minimum Gasteiger partial charge on any atom is -0.332 e. The van der Waals surface area contributed by atoms with Crippen LogP contribution in [0.25, 0.3) is 0 Å². The first-order valence-electron chi connectivity index (χ1n) is 7.99. The van der Waals surface area contributed by atoms with Crippen molar-refractivity contribution in [3.8, 4) is 0 Å². The third kappa shape index (κ3) is 3.36. The molecule has 3 rings (SSSR count). The first-order chi connectivity index (χ1) is 11.1. The lowest BCUT2D eigenvalue weighted by Crippen LogP contribution is -2.54. The molecule has 120 valence electrons. The number of halogens is 1. The summed E-state index contributed by atoms with van der Waals surface area (Å²) in [6, 6.07) is 15.9. The van der Waals surface area contributed by atoms with E-state index in [1.807, 2.05) is 25.1 Å². The molecular formula is C19H21FN2O. The Morgan fingerprint density at radius 3 is 2.30 bits per heavy atom. The van der Waals surface area contributed by atoms with Gasteiger partial charge in [0.1, 0.15) is 5.82 Å². The predicted octanol–water partition coefficient (Wildman–Crippen LogP) is 4.27. The molecule has 1 unspecified atom stereocenters. The van der Waals surface area contributed by atoms with Crippen LogP contribution < -0.4 is 10.6 Å². The number of hydrogen-bond donors (Lipinski definition) is 2. The van der Waals surface area contributed by atoms with Crippen molar-refractivity contribution in [2.75, 3.05) is 0 Å². The van der Waals surface area contributed by atoms with E-state index in [0.29, 0.717) is 0 Å². The summed E-state index contributed by atoms with van der Waals surface area (Å²) in [5.41, 5.74) is 1.77. The summed E-state index contributed by atoms with van der Waals surface area (Å²) in [4.78, 5) is 12.4. The average molecular weight is 312 g/mol.